The maximum Gasteiger partial charge on any atom is 0.0468 e. The third-order valence-electron chi connectivity index (χ3n) is 3.13. The molecule has 20 heavy (non-hydrogen) atoms. The van der Waals surface area contributed by atoms with Gasteiger partial charge in [0.1, 0.15) is 0 Å². The lowest BCUT2D eigenvalue weighted by atomic mass is 9.99. The fourth-order valence-corrected chi connectivity index (χ4v) is 3.16. The third kappa shape index (κ3) is 3.60. The molecule has 0 saturated heterocycles. The van der Waals surface area contributed by atoms with E-state index >= 15 is 0 Å². The summed E-state index contributed by atoms with van der Waals surface area (Å²) in [5.41, 5.74) is 1.82. The number of rotatable bonds is 4. The predicted octanol–water partition coefficient (Wildman–Crippen LogP) is 5.80. The second-order valence-electron chi connectivity index (χ2n) is 4.42. The van der Waals surface area contributed by atoms with Crippen LogP contribution in [0.2, 0.25) is 20.1 Å². The van der Waals surface area contributed by atoms with Crippen LogP contribution in [-0.4, -0.2) is 7.05 Å². The average Bonchev–Trinajstić information content (AvgIpc) is 2.41. The fourth-order valence-electron chi connectivity index (χ4n) is 2.11. The molecule has 0 saturated carbocycles. The van der Waals surface area contributed by atoms with E-state index in [1.165, 1.54) is 0 Å². The van der Waals surface area contributed by atoms with E-state index in [0.29, 0.717) is 26.5 Å². The quantitative estimate of drug-likeness (QED) is 0.735. The van der Waals surface area contributed by atoms with Crippen molar-refractivity contribution in [3.05, 3.63) is 67.6 Å². The zero-order valence-corrected chi connectivity index (χ0v) is 13.8. The summed E-state index contributed by atoms with van der Waals surface area (Å²) in [5.74, 6) is 0. The van der Waals surface area contributed by atoms with Crippen molar-refractivity contribution in [2.24, 2.45) is 0 Å². The van der Waals surface area contributed by atoms with Crippen LogP contribution >= 0.6 is 46.4 Å². The highest BCUT2D eigenvalue weighted by Gasteiger charge is 2.18. The van der Waals surface area contributed by atoms with E-state index in [0.717, 1.165) is 11.1 Å². The molecule has 106 valence electrons. The van der Waals surface area contributed by atoms with E-state index in [4.69, 9.17) is 46.4 Å². The van der Waals surface area contributed by atoms with Crippen LogP contribution < -0.4 is 5.32 Å². The van der Waals surface area contributed by atoms with Crippen LogP contribution in [0.3, 0.4) is 0 Å². The summed E-state index contributed by atoms with van der Waals surface area (Å²) in [6.07, 6.45) is 0.652. The molecule has 0 heterocycles. The van der Waals surface area contributed by atoms with Gasteiger partial charge in [-0.2, -0.15) is 0 Å². The Bertz CT molecular complexity index is 593. The molecule has 0 aliphatic heterocycles. The lowest BCUT2D eigenvalue weighted by molar-refractivity contribution is 0.592. The Kier molecular flexibility index (Phi) is 5.59. The largest absolute Gasteiger partial charge is 0.313 e. The average molecular weight is 349 g/mol. The summed E-state index contributed by atoms with van der Waals surface area (Å²) in [6, 6.07) is 10.9. The van der Waals surface area contributed by atoms with Crippen molar-refractivity contribution in [1.82, 2.24) is 5.32 Å². The first-order chi connectivity index (χ1) is 9.52. The van der Waals surface area contributed by atoms with Gasteiger partial charge in [-0.25, -0.2) is 0 Å². The van der Waals surface area contributed by atoms with Crippen LogP contribution in [0.1, 0.15) is 17.2 Å². The summed E-state index contributed by atoms with van der Waals surface area (Å²) in [6.45, 7) is 0. The molecule has 2 rings (SSSR count). The third-order valence-corrected chi connectivity index (χ3v) is 4.39. The molecular formula is C15H13Cl4N. The minimum atomic E-state index is -0.0350. The van der Waals surface area contributed by atoms with Crippen LogP contribution in [-0.2, 0) is 6.42 Å². The number of nitrogens with one attached hydrogen (secondary N) is 1. The van der Waals surface area contributed by atoms with Crippen LogP contribution in [0.15, 0.2) is 36.4 Å². The molecule has 1 N–H and O–H groups in total. The van der Waals surface area contributed by atoms with Crippen molar-refractivity contribution in [2.75, 3.05) is 7.05 Å². The lowest BCUT2D eigenvalue weighted by Gasteiger charge is -2.20. The van der Waals surface area contributed by atoms with Crippen LogP contribution in [0, 0.1) is 0 Å². The first-order valence-corrected chi connectivity index (χ1v) is 7.59. The van der Waals surface area contributed by atoms with Gasteiger partial charge in [0, 0.05) is 31.7 Å². The van der Waals surface area contributed by atoms with Crippen molar-refractivity contribution in [1.29, 1.82) is 0 Å². The molecule has 0 bridgehead atoms. The van der Waals surface area contributed by atoms with Gasteiger partial charge in [0.05, 0.1) is 0 Å². The Morgan fingerprint density at radius 3 is 2.20 bits per heavy atom. The van der Waals surface area contributed by atoms with Gasteiger partial charge < -0.3 is 5.32 Å². The highest BCUT2D eigenvalue weighted by molar-refractivity contribution is 6.36. The van der Waals surface area contributed by atoms with Gasteiger partial charge in [-0.05, 0) is 49.4 Å². The Morgan fingerprint density at radius 1 is 0.950 bits per heavy atom. The van der Waals surface area contributed by atoms with Gasteiger partial charge in [0.15, 0.2) is 0 Å². The van der Waals surface area contributed by atoms with Gasteiger partial charge in [0.2, 0.25) is 0 Å². The Hall–Kier alpha value is -0.440. The molecule has 0 aliphatic rings. The SMILES string of the molecule is CNC(Cc1cc(Cl)ccc1Cl)c1c(Cl)cccc1Cl. The van der Waals surface area contributed by atoms with Gasteiger partial charge in [-0.1, -0.05) is 52.5 Å². The van der Waals surface area contributed by atoms with Gasteiger partial charge in [-0.3, -0.25) is 0 Å². The number of halogens is 4. The van der Waals surface area contributed by atoms with Crippen molar-refractivity contribution in [3.63, 3.8) is 0 Å². The van der Waals surface area contributed by atoms with E-state index in [-0.39, 0.29) is 6.04 Å². The molecular weight excluding hydrogens is 336 g/mol. The predicted molar refractivity (Wildman–Crippen MR) is 88.4 cm³/mol. The van der Waals surface area contributed by atoms with Gasteiger partial charge in [0.25, 0.3) is 0 Å². The van der Waals surface area contributed by atoms with Crippen molar-refractivity contribution in [3.8, 4) is 0 Å². The second-order valence-corrected chi connectivity index (χ2v) is 6.07. The lowest BCUT2D eigenvalue weighted by Crippen LogP contribution is -2.20. The molecule has 2 aromatic rings. The number of likely N-dealkylation sites (N-methyl/N-ethyl adjacent to an activating group) is 1. The maximum atomic E-state index is 6.26. The molecule has 0 spiro atoms. The molecule has 2 aromatic carbocycles. The van der Waals surface area contributed by atoms with Gasteiger partial charge >= 0.3 is 0 Å². The fraction of sp³-hybridized carbons (Fsp3) is 0.200. The van der Waals surface area contributed by atoms with E-state index in [2.05, 4.69) is 5.32 Å². The topological polar surface area (TPSA) is 12.0 Å². The first kappa shape index (κ1) is 15.9. The normalized spacial score (nSPS) is 12.4. The van der Waals surface area contributed by atoms with E-state index < -0.39 is 0 Å². The van der Waals surface area contributed by atoms with Crippen molar-refractivity contribution >= 4 is 46.4 Å². The van der Waals surface area contributed by atoms with E-state index in [1.54, 1.807) is 12.1 Å². The summed E-state index contributed by atoms with van der Waals surface area (Å²) in [5, 5.41) is 5.83. The highest BCUT2D eigenvalue weighted by Crippen LogP contribution is 2.33. The molecule has 0 aromatic heterocycles. The maximum absolute atomic E-state index is 6.26. The van der Waals surface area contributed by atoms with Gasteiger partial charge in [-0.15, -0.1) is 0 Å². The molecule has 0 radical (unpaired) electrons. The molecule has 0 fully saturated rings. The first-order valence-electron chi connectivity index (χ1n) is 6.08. The molecule has 5 heteroatoms. The number of hydrogen-bond donors (Lipinski definition) is 1. The van der Waals surface area contributed by atoms with E-state index in [1.807, 2.05) is 31.3 Å². The Labute approximate surface area is 138 Å². The molecule has 1 atom stereocenters. The number of hydrogen-bond acceptors (Lipinski definition) is 1. The zero-order valence-electron chi connectivity index (χ0n) is 10.8. The zero-order chi connectivity index (χ0) is 14.7. The van der Waals surface area contributed by atoms with Crippen molar-refractivity contribution in [2.45, 2.75) is 12.5 Å². The molecule has 0 amide bonds. The molecule has 1 unspecified atom stereocenters. The highest BCUT2D eigenvalue weighted by atomic mass is 35.5. The van der Waals surface area contributed by atoms with E-state index in [9.17, 15) is 0 Å². The minimum absolute atomic E-state index is 0.0350. The monoisotopic (exact) mass is 347 g/mol. The summed E-state index contributed by atoms with van der Waals surface area (Å²) in [4.78, 5) is 0. The summed E-state index contributed by atoms with van der Waals surface area (Å²) in [7, 11) is 1.86. The summed E-state index contributed by atoms with van der Waals surface area (Å²) >= 11 is 24.7. The van der Waals surface area contributed by atoms with Crippen molar-refractivity contribution < 1.29 is 0 Å². The van der Waals surface area contributed by atoms with Crippen LogP contribution in [0.4, 0.5) is 0 Å². The van der Waals surface area contributed by atoms with Crippen LogP contribution in [0.5, 0.6) is 0 Å². The Balaban J connectivity index is 2.36. The standard InChI is InChI=1S/C15H13Cl4N/c1-20-14(15-12(18)3-2-4-13(15)19)8-9-7-10(16)5-6-11(9)17/h2-7,14,20H,8H2,1H3. The summed E-state index contributed by atoms with van der Waals surface area (Å²) < 4.78 is 0. The molecule has 0 aliphatic carbocycles. The smallest absolute Gasteiger partial charge is 0.0468 e. The minimum Gasteiger partial charge on any atom is -0.313 e. The molecule has 1 nitrogen and oxygen atoms in total. The second kappa shape index (κ2) is 7.02. The number of benzene rings is 2. The Morgan fingerprint density at radius 2 is 1.60 bits per heavy atom. The van der Waals surface area contributed by atoms with Crippen LogP contribution in [0.25, 0.3) is 0 Å².